The molecule has 3 heterocycles. The molecule has 18 nitrogen and oxygen atoms in total. The van der Waals surface area contributed by atoms with Crippen molar-refractivity contribution in [2.45, 2.75) is 53.2 Å². The van der Waals surface area contributed by atoms with Crippen LogP contribution in [-0.4, -0.2) is 150 Å². The summed E-state index contributed by atoms with van der Waals surface area (Å²) in [5.41, 5.74) is -0.680. The van der Waals surface area contributed by atoms with Crippen molar-refractivity contribution in [3.8, 4) is 0 Å². The molecule has 0 aliphatic carbocycles. The fourth-order valence-corrected chi connectivity index (χ4v) is 2.63. The van der Waals surface area contributed by atoms with Crippen molar-refractivity contribution >= 4 is 41.8 Å². The molecule has 246 valence electrons. The maximum Gasteiger partial charge on any atom is 0.434 e. The molecule has 0 aromatic rings. The van der Waals surface area contributed by atoms with E-state index in [2.05, 4.69) is 4.74 Å². The molecule has 18 heteroatoms. The number of hydrogen-bond donors (Lipinski definition) is 2. The number of carbonyl (C=O) groups excluding carboxylic acids is 7. The van der Waals surface area contributed by atoms with Gasteiger partial charge in [-0.2, -0.15) is 0 Å². The van der Waals surface area contributed by atoms with E-state index in [4.69, 9.17) is 14.6 Å². The Labute approximate surface area is 250 Å². The molecule has 1 unspecified atom stereocenters. The molecule has 0 spiro atoms. The monoisotopic (exact) mass is 620 g/mol. The second-order valence-electron chi connectivity index (χ2n) is 9.76. The summed E-state index contributed by atoms with van der Waals surface area (Å²) in [6.45, 7) is 9.18. The molecule has 3 rings (SSSR count). The van der Waals surface area contributed by atoms with E-state index in [1.165, 1.54) is 80.0 Å². The molecule has 3 saturated heterocycles. The highest BCUT2D eigenvalue weighted by molar-refractivity contribution is 5.97. The minimum Gasteiger partial charge on any atom is -0.438 e. The third-order valence-corrected chi connectivity index (χ3v) is 5.36. The summed E-state index contributed by atoms with van der Waals surface area (Å²) in [6, 6.07) is 0. The van der Waals surface area contributed by atoms with Crippen LogP contribution in [0.1, 0.15) is 41.5 Å². The minimum atomic E-state index is -1.37. The molecule has 6 amide bonds. The summed E-state index contributed by atoms with van der Waals surface area (Å²) < 4.78 is 14.1. The Hall–Kier alpha value is -4.45. The lowest BCUT2D eigenvalue weighted by molar-refractivity contribution is -0.178. The maximum absolute atomic E-state index is 11.6. The standard InChI is InChI=1S/C8H14N2O4.C8H12N2O3.C5H8N2O3.C3H6O.CH4O/c1-8(2,13)5-6(11)9(3)10(4)7(12)14-5;1-5(2)6-7(11)9(3)10(4)8(12)13-6;1-6-4(8)3-10-5(9)7(6)2;1-3(2)4;1-2/h5,13H,1-4H3;1-4H3;3H2,1-2H3;1-2H3;2H,1H3. The first-order valence-corrected chi connectivity index (χ1v) is 12.5. The molecule has 1 atom stereocenters. The van der Waals surface area contributed by atoms with Crippen LogP contribution in [0.5, 0.6) is 0 Å². The van der Waals surface area contributed by atoms with Gasteiger partial charge in [-0.3, -0.25) is 14.4 Å². The first-order valence-electron chi connectivity index (χ1n) is 12.5. The Morgan fingerprint density at radius 2 is 1.14 bits per heavy atom. The van der Waals surface area contributed by atoms with Crippen LogP contribution in [0.3, 0.4) is 0 Å². The highest BCUT2D eigenvalue weighted by Crippen LogP contribution is 2.21. The average Bonchev–Trinajstić information content (AvgIpc) is 2.92. The van der Waals surface area contributed by atoms with E-state index >= 15 is 0 Å². The number of amides is 6. The number of nitrogens with zero attached hydrogens (tertiary/aromatic N) is 6. The summed E-state index contributed by atoms with van der Waals surface area (Å²) in [4.78, 5) is 76.3. The van der Waals surface area contributed by atoms with Gasteiger partial charge in [-0.05, 0) is 47.1 Å². The number of aliphatic hydroxyl groups is 2. The summed E-state index contributed by atoms with van der Waals surface area (Å²) in [7, 11) is 9.85. The minimum absolute atomic E-state index is 0.116. The van der Waals surface area contributed by atoms with Gasteiger partial charge in [0, 0.05) is 49.4 Å². The molecular weight excluding hydrogens is 576 g/mol. The van der Waals surface area contributed by atoms with Crippen LogP contribution < -0.4 is 0 Å². The predicted molar refractivity (Wildman–Crippen MR) is 149 cm³/mol. The Balaban J connectivity index is 0. The third-order valence-electron chi connectivity index (χ3n) is 5.36. The van der Waals surface area contributed by atoms with Crippen LogP contribution in [0.4, 0.5) is 14.4 Å². The quantitative estimate of drug-likeness (QED) is 0.293. The Morgan fingerprint density at radius 1 is 0.721 bits per heavy atom. The fourth-order valence-electron chi connectivity index (χ4n) is 2.63. The highest BCUT2D eigenvalue weighted by atomic mass is 16.6. The van der Waals surface area contributed by atoms with Gasteiger partial charge >= 0.3 is 24.2 Å². The van der Waals surface area contributed by atoms with Gasteiger partial charge in [-0.25, -0.2) is 44.4 Å². The molecule has 0 radical (unpaired) electrons. The van der Waals surface area contributed by atoms with Crippen LogP contribution in [-0.2, 0) is 33.4 Å². The second-order valence-corrected chi connectivity index (χ2v) is 9.76. The lowest BCUT2D eigenvalue weighted by atomic mass is 10.0. The van der Waals surface area contributed by atoms with Crippen LogP contribution in [0.2, 0.25) is 0 Å². The number of ketones is 1. The molecule has 3 fully saturated rings. The summed E-state index contributed by atoms with van der Waals surface area (Å²) in [6.07, 6.45) is -2.84. The van der Waals surface area contributed by atoms with Gasteiger partial charge in [0.25, 0.3) is 11.8 Å². The zero-order chi connectivity index (χ0) is 34.6. The van der Waals surface area contributed by atoms with E-state index in [1.54, 1.807) is 13.8 Å². The van der Waals surface area contributed by atoms with Gasteiger partial charge in [0.05, 0.1) is 0 Å². The fraction of sp³-hybridized carbons (Fsp3) is 0.640. The smallest absolute Gasteiger partial charge is 0.434 e. The van der Waals surface area contributed by atoms with Crippen LogP contribution in [0.15, 0.2) is 11.3 Å². The van der Waals surface area contributed by atoms with Crippen molar-refractivity contribution in [3.63, 3.8) is 0 Å². The number of likely N-dealkylation sites (N-methyl/N-ethyl adjacent to an activating group) is 3. The molecule has 0 bridgehead atoms. The lowest BCUT2D eigenvalue weighted by Crippen LogP contribution is -2.61. The number of allylic oxidation sites excluding steroid dienone is 1. The van der Waals surface area contributed by atoms with Crippen LogP contribution in [0, 0.1) is 0 Å². The number of Topliss-reactive ketones (excluding diaryl/α,β-unsaturated/α-hetero) is 1. The van der Waals surface area contributed by atoms with Gasteiger partial charge in [0.1, 0.15) is 11.4 Å². The number of ether oxygens (including phenoxy) is 3. The number of hydrogen-bond acceptors (Lipinski definition) is 12. The average molecular weight is 621 g/mol. The van der Waals surface area contributed by atoms with Gasteiger partial charge in [-0.1, -0.05) is 0 Å². The van der Waals surface area contributed by atoms with Gasteiger partial charge < -0.3 is 29.2 Å². The molecule has 43 heavy (non-hydrogen) atoms. The first-order chi connectivity index (χ1) is 19.6. The number of cyclic esters (lactones) is 3. The largest absolute Gasteiger partial charge is 0.438 e. The SMILES string of the molecule is CC(C)=C1OC(=O)N(C)N(C)C1=O.CC(C)=O.CN1C(=O)COC(=O)N1C.CN1C(=O)OC(C(C)(C)O)C(=O)N1C.CO. The van der Waals surface area contributed by atoms with Gasteiger partial charge in [0.2, 0.25) is 6.10 Å². The predicted octanol–water partition coefficient (Wildman–Crippen LogP) is -0.0374. The van der Waals surface area contributed by atoms with E-state index in [-0.39, 0.29) is 30.0 Å². The Kier molecular flexibility index (Phi) is 16.6. The van der Waals surface area contributed by atoms with E-state index in [0.717, 1.165) is 27.1 Å². The molecule has 0 aromatic carbocycles. The van der Waals surface area contributed by atoms with Gasteiger partial charge in [0.15, 0.2) is 12.4 Å². The van der Waals surface area contributed by atoms with Crippen LogP contribution in [0.25, 0.3) is 0 Å². The topological polar surface area (TPSA) is 207 Å². The summed E-state index contributed by atoms with van der Waals surface area (Å²) >= 11 is 0. The van der Waals surface area contributed by atoms with E-state index in [0.29, 0.717) is 5.57 Å². The molecule has 3 aliphatic rings. The van der Waals surface area contributed by atoms with Crippen LogP contribution >= 0.6 is 0 Å². The van der Waals surface area contributed by atoms with Crippen molar-refractivity contribution in [2.75, 3.05) is 56.0 Å². The number of carbonyl (C=O) groups is 7. The Bertz CT molecular complexity index is 1060. The number of rotatable bonds is 1. The van der Waals surface area contributed by atoms with E-state index < -0.39 is 35.9 Å². The Morgan fingerprint density at radius 3 is 1.53 bits per heavy atom. The highest BCUT2D eigenvalue weighted by Gasteiger charge is 2.44. The maximum atomic E-state index is 11.6. The third kappa shape index (κ3) is 12.1. The molecule has 2 N–H and O–H groups in total. The molecule has 0 saturated carbocycles. The van der Waals surface area contributed by atoms with E-state index in [1.807, 2.05) is 0 Å². The molecular formula is C25H44N6O12. The summed E-state index contributed by atoms with van der Waals surface area (Å²) in [5.74, 6) is -0.686. The molecule has 3 aliphatic heterocycles. The van der Waals surface area contributed by atoms with Crippen molar-refractivity contribution in [2.24, 2.45) is 0 Å². The van der Waals surface area contributed by atoms with Crippen molar-refractivity contribution in [1.29, 1.82) is 0 Å². The number of hydrazine groups is 3. The zero-order valence-corrected chi connectivity index (χ0v) is 26.9. The summed E-state index contributed by atoms with van der Waals surface area (Å²) in [5, 5.41) is 23.4. The van der Waals surface area contributed by atoms with Crippen molar-refractivity contribution < 1.29 is 58.0 Å². The lowest BCUT2D eigenvalue weighted by Gasteiger charge is -2.39. The normalized spacial score (nSPS) is 18.4. The van der Waals surface area contributed by atoms with Crippen molar-refractivity contribution in [1.82, 2.24) is 30.1 Å². The van der Waals surface area contributed by atoms with E-state index in [9.17, 15) is 38.7 Å². The second kappa shape index (κ2) is 17.5. The number of aliphatic hydroxyl groups excluding tert-OH is 1. The first kappa shape index (κ1) is 40.7. The molecule has 0 aromatic heterocycles. The van der Waals surface area contributed by atoms with Crippen molar-refractivity contribution in [3.05, 3.63) is 11.3 Å². The zero-order valence-electron chi connectivity index (χ0n) is 26.9. The van der Waals surface area contributed by atoms with Gasteiger partial charge in [-0.15, -0.1) is 0 Å².